The molecule has 1 aliphatic carbocycles. The number of carbonyl (C=O) groups excluding carboxylic acids is 1. The van der Waals surface area contributed by atoms with Crippen molar-refractivity contribution in [3.63, 3.8) is 0 Å². The molecule has 0 heterocycles. The van der Waals surface area contributed by atoms with Crippen LogP contribution in [0.15, 0.2) is 18.2 Å². The summed E-state index contributed by atoms with van der Waals surface area (Å²) in [6.07, 6.45) is 6.74. The first kappa shape index (κ1) is 7.12. The minimum atomic E-state index is 0.244. The molecular formula is C11H8O. The molecule has 1 aromatic rings. The number of aryl methyl sites for hydroxylation is 1. The molecule has 0 saturated carbocycles. The van der Waals surface area contributed by atoms with Crippen LogP contribution in [0.25, 0.3) is 0 Å². The second kappa shape index (κ2) is 2.49. The van der Waals surface area contributed by atoms with Crippen LogP contribution in [0.3, 0.4) is 0 Å². The van der Waals surface area contributed by atoms with Gasteiger partial charge in [-0.1, -0.05) is 5.92 Å². The van der Waals surface area contributed by atoms with Gasteiger partial charge in [0, 0.05) is 17.5 Å². The number of fused-ring (bicyclic) bond motifs is 1. The van der Waals surface area contributed by atoms with E-state index in [0.717, 1.165) is 23.1 Å². The number of hydrogen-bond acceptors (Lipinski definition) is 1. The molecule has 0 aromatic heterocycles. The fraction of sp³-hybridized carbons (Fsp3) is 0.182. The Bertz CT molecular complexity index is 382. The van der Waals surface area contributed by atoms with Crippen LogP contribution in [0.1, 0.15) is 27.9 Å². The van der Waals surface area contributed by atoms with Gasteiger partial charge in [-0.05, 0) is 30.2 Å². The predicted octanol–water partition coefficient (Wildman–Crippen LogP) is 1.80. The standard InChI is InChI=1S/C11H8O/c1-2-8-3-5-10-9(7-8)4-6-11(10)12/h1,3,5,7H,4,6H2. The summed E-state index contributed by atoms with van der Waals surface area (Å²) in [5, 5.41) is 0. The molecular weight excluding hydrogens is 148 g/mol. The molecule has 1 aromatic carbocycles. The molecule has 1 aliphatic rings. The largest absolute Gasteiger partial charge is 0.294 e. The summed E-state index contributed by atoms with van der Waals surface area (Å²) in [4.78, 5) is 11.2. The van der Waals surface area contributed by atoms with Crippen LogP contribution >= 0.6 is 0 Å². The first-order valence-corrected chi connectivity index (χ1v) is 3.94. The monoisotopic (exact) mass is 156 g/mol. The van der Waals surface area contributed by atoms with Gasteiger partial charge in [0.15, 0.2) is 5.78 Å². The third kappa shape index (κ3) is 0.931. The Labute approximate surface area is 71.4 Å². The van der Waals surface area contributed by atoms with Gasteiger partial charge in [-0.2, -0.15) is 0 Å². The van der Waals surface area contributed by atoms with Gasteiger partial charge in [-0.25, -0.2) is 0 Å². The Balaban J connectivity index is 2.57. The highest BCUT2D eigenvalue weighted by Crippen LogP contribution is 2.22. The van der Waals surface area contributed by atoms with Crippen molar-refractivity contribution < 1.29 is 4.79 Å². The van der Waals surface area contributed by atoms with E-state index in [-0.39, 0.29) is 5.78 Å². The van der Waals surface area contributed by atoms with E-state index in [1.165, 1.54) is 0 Å². The SMILES string of the molecule is C#Cc1ccc2c(c1)CCC2=O. The number of ketones is 1. The Morgan fingerprint density at radius 3 is 2.92 bits per heavy atom. The summed E-state index contributed by atoms with van der Waals surface area (Å²) < 4.78 is 0. The highest BCUT2D eigenvalue weighted by Gasteiger charge is 2.18. The Hall–Kier alpha value is -1.55. The van der Waals surface area contributed by atoms with Gasteiger partial charge < -0.3 is 0 Å². The number of terminal acetylenes is 1. The Morgan fingerprint density at radius 1 is 1.33 bits per heavy atom. The summed E-state index contributed by atoms with van der Waals surface area (Å²) in [6.45, 7) is 0. The van der Waals surface area contributed by atoms with E-state index in [1.54, 1.807) is 0 Å². The lowest BCUT2D eigenvalue weighted by Gasteiger charge is -1.96. The number of Topliss-reactive ketones (excluding diaryl/α,β-unsaturated/α-hetero) is 1. The highest BCUT2D eigenvalue weighted by molar-refractivity contribution is 6.00. The molecule has 0 amide bonds. The summed E-state index contributed by atoms with van der Waals surface area (Å²) in [7, 11) is 0. The predicted molar refractivity (Wildman–Crippen MR) is 47.0 cm³/mol. The van der Waals surface area contributed by atoms with E-state index in [4.69, 9.17) is 6.42 Å². The number of rotatable bonds is 0. The minimum Gasteiger partial charge on any atom is -0.294 e. The lowest BCUT2D eigenvalue weighted by molar-refractivity contribution is 0.0994. The number of benzene rings is 1. The quantitative estimate of drug-likeness (QED) is 0.523. The zero-order valence-corrected chi connectivity index (χ0v) is 6.63. The molecule has 0 spiro atoms. The molecule has 0 N–H and O–H groups in total. The molecule has 0 radical (unpaired) electrons. The number of hydrogen-bond donors (Lipinski definition) is 0. The van der Waals surface area contributed by atoms with Crippen LogP contribution < -0.4 is 0 Å². The molecule has 0 aliphatic heterocycles. The molecule has 0 unspecified atom stereocenters. The van der Waals surface area contributed by atoms with Gasteiger partial charge in [-0.15, -0.1) is 6.42 Å². The van der Waals surface area contributed by atoms with Gasteiger partial charge in [-0.3, -0.25) is 4.79 Å². The van der Waals surface area contributed by atoms with E-state index < -0.39 is 0 Å². The van der Waals surface area contributed by atoms with Gasteiger partial charge in [0.2, 0.25) is 0 Å². The summed E-state index contributed by atoms with van der Waals surface area (Å²) in [5.41, 5.74) is 2.83. The number of carbonyl (C=O) groups is 1. The maximum atomic E-state index is 11.2. The van der Waals surface area contributed by atoms with Gasteiger partial charge in [0.25, 0.3) is 0 Å². The second-order valence-corrected chi connectivity index (χ2v) is 2.94. The Morgan fingerprint density at radius 2 is 2.17 bits per heavy atom. The van der Waals surface area contributed by atoms with E-state index in [2.05, 4.69) is 5.92 Å². The summed E-state index contributed by atoms with van der Waals surface area (Å²) in [5.74, 6) is 2.80. The van der Waals surface area contributed by atoms with E-state index in [0.29, 0.717) is 6.42 Å². The lowest BCUT2D eigenvalue weighted by Crippen LogP contribution is -1.90. The van der Waals surface area contributed by atoms with E-state index in [1.807, 2.05) is 18.2 Å². The molecule has 0 bridgehead atoms. The van der Waals surface area contributed by atoms with Crippen molar-refractivity contribution in [3.05, 3.63) is 34.9 Å². The van der Waals surface area contributed by atoms with Crippen molar-refractivity contribution in [1.82, 2.24) is 0 Å². The van der Waals surface area contributed by atoms with Gasteiger partial charge in [0.05, 0.1) is 0 Å². The maximum Gasteiger partial charge on any atom is 0.163 e. The normalized spacial score (nSPS) is 14.1. The molecule has 2 rings (SSSR count). The van der Waals surface area contributed by atoms with Gasteiger partial charge in [0.1, 0.15) is 0 Å². The Kier molecular flexibility index (Phi) is 1.48. The third-order valence-electron chi connectivity index (χ3n) is 2.19. The van der Waals surface area contributed by atoms with Crippen LogP contribution in [0, 0.1) is 12.3 Å². The molecule has 1 heteroatoms. The molecule has 0 saturated heterocycles. The van der Waals surface area contributed by atoms with Crippen molar-refractivity contribution >= 4 is 5.78 Å². The maximum absolute atomic E-state index is 11.2. The van der Waals surface area contributed by atoms with E-state index >= 15 is 0 Å². The molecule has 58 valence electrons. The van der Waals surface area contributed by atoms with Crippen molar-refractivity contribution in [3.8, 4) is 12.3 Å². The minimum absolute atomic E-state index is 0.244. The zero-order valence-electron chi connectivity index (χ0n) is 6.63. The van der Waals surface area contributed by atoms with Crippen LogP contribution in [0.5, 0.6) is 0 Å². The van der Waals surface area contributed by atoms with Crippen molar-refractivity contribution in [2.75, 3.05) is 0 Å². The van der Waals surface area contributed by atoms with E-state index in [9.17, 15) is 4.79 Å². The van der Waals surface area contributed by atoms with Crippen LogP contribution in [0.4, 0.5) is 0 Å². The molecule has 12 heavy (non-hydrogen) atoms. The average Bonchev–Trinajstić information content (AvgIpc) is 2.47. The van der Waals surface area contributed by atoms with Crippen LogP contribution in [0.2, 0.25) is 0 Å². The smallest absolute Gasteiger partial charge is 0.163 e. The van der Waals surface area contributed by atoms with Crippen molar-refractivity contribution in [1.29, 1.82) is 0 Å². The second-order valence-electron chi connectivity index (χ2n) is 2.94. The molecule has 0 atom stereocenters. The van der Waals surface area contributed by atoms with Crippen molar-refractivity contribution in [2.24, 2.45) is 0 Å². The average molecular weight is 156 g/mol. The molecule has 0 fully saturated rings. The third-order valence-corrected chi connectivity index (χ3v) is 2.19. The first-order valence-electron chi connectivity index (χ1n) is 3.94. The first-order chi connectivity index (χ1) is 5.81. The van der Waals surface area contributed by atoms with Crippen LogP contribution in [-0.2, 0) is 6.42 Å². The fourth-order valence-electron chi connectivity index (χ4n) is 1.55. The lowest BCUT2D eigenvalue weighted by atomic mass is 10.1. The fourth-order valence-corrected chi connectivity index (χ4v) is 1.55. The van der Waals surface area contributed by atoms with Crippen LogP contribution in [-0.4, -0.2) is 5.78 Å². The summed E-state index contributed by atoms with van der Waals surface area (Å²) >= 11 is 0. The van der Waals surface area contributed by atoms with Crippen molar-refractivity contribution in [2.45, 2.75) is 12.8 Å². The topological polar surface area (TPSA) is 17.1 Å². The van der Waals surface area contributed by atoms with Gasteiger partial charge >= 0.3 is 0 Å². The highest BCUT2D eigenvalue weighted by atomic mass is 16.1. The summed E-state index contributed by atoms with van der Waals surface area (Å²) in [6, 6.07) is 5.59. The zero-order chi connectivity index (χ0) is 8.55. The molecule has 1 nitrogen and oxygen atoms in total.